The molecule has 0 aromatic heterocycles. The molecular formula is C15H18F4N2. The Morgan fingerprint density at radius 2 is 1.76 bits per heavy atom. The summed E-state index contributed by atoms with van der Waals surface area (Å²) in [6.45, 7) is 3.23. The minimum absolute atomic E-state index is 0.0936. The average molecular weight is 302 g/mol. The smallest absolute Gasteiger partial charge is 0.314 e. The second-order valence-electron chi connectivity index (χ2n) is 5.84. The van der Waals surface area contributed by atoms with Gasteiger partial charge in [0.05, 0.1) is 5.56 Å². The minimum atomic E-state index is -4.51. The fourth-order valence-electron chi connectivity index (χ4n) is 3.10. The average Bonchev–Trinajstić information content (AvgIpc) is 3.23. The minimum Gasteiger partial charge on any atom is -0.314 e. The molecule has 0 amide bonds. The van der Waals surface area contributed by atoms with Crippen LogP contribution < -0.4 is 5.32 Å². The van der Waals surface area contributed by atoms with Crippen LogP contribution in [0.1, 0.15) is 30.0 Å². The molecule has 3 rings (SSSR count). The summed E-state index contributed by atoms with van der Waals surface area (Å²) in [4.78, 5) is 2.18. The summed E-state index contributed by atoms with van der Waals surface area (Å²) in [5.74, 6) is -0.452. The predicted octanol–water partition coefficient (Wildman–Crippen LogP) is 3.20. The van der Waals surface area contributed by atoms with Crippen molar-refractivity contribution in [2.45, 2.75) is 25.1 Å². The third-order valence-corrected chi connectivity index (χ3v) is 4.20. The van der Waals surface area contributed by atoms with Gasteiger partial charge < -0.3 is 5.32 Å². The van der Waals surface area contributed by atoms with Gasteiger partial charge >= 0.3 is 6.18 Å². The third kappa shape index (κ3) is 3.37. The number of piperazine rings is 1. The Bertz CT molecular complexity index is 505. The van der Waals surface area contributed by atoms with Gasteiger partial charge in [0, 0.05) is 32.2 Å². The van der Waals surface area contributed by atoms with Gasteiger partial charge in [0.2, 0.25) is 0 Å². The fraction of sp³-hybridized carbons (Fsp3) is 0.600. The van der Waals surface area contributed by atoms with Crippen molar-refractivity contribution >= 4 is 0 Å². The number of hydrogen-bond acceptors (Lipinski definition) is 2. The highest BCUT2D eigenvalue weighted by atomic mass is 19.4. The van der Waals surface area contributed by atoms with Gasteiger partial charge in [0.25, 0.3) is 0 Å². The molecule has 0 spiro atoms. The van der Waals surface area contributed by atoms with E-state index in [-0.39, 0.29) is 6.04 Å². The highest BCUT2D eigenvalue weighted by molar-refractivity contribution is 5.30. The van der Waals surface area contributed by atoms with Crippen LogP contribution in [0.4, 0.5) is 17.6 Å². The Balaban J connectivity index is 1.93. The first-order valence-electron chi connectivity index (χ1n) is 7.27. The van der Waals surface area contributed by atoms with E-state index in [4.69, 9.17) is 0 Å². The molecule has 1 aliphatic heterocycles. The zero-order valence-corrected chi connectivity index (χ0v) is 11.6. The predicted molar refractivity (Wildman–Crippen MR) is 71.3 cm³/mol. The van der Waals surface area contributed by atoms with E-state index in [0.717, 1.165) is 45.1 Å². The van der Waals surface area contributed by atoms with Crippen LogP contribution in [-0.4, -0.2) is 31.1 Å². The maximum absolute atomic E-state index is 13.6. The molecule has 2 aliphatic rings. The summed E-state index contributed by atoms with van der Waals surface area (Å²) in [6, 6.07) is 2.86. The first kappa shape index (κ1) is 14.8. The highest BCUT2D eigenvalue weighted by Crippen LogP contribution is 2.45. The van der Waals surface area contributed by atoms with Crippen LogP contribution in [0, 0.1) is 11.7 Å². The maximum atomic E-state index is 13.6. The lowest BCUT2D eigenvalue weighted by Gasteiger charge is -2.35. The lowest BCUT2D eigenvalue weighted by atomic mass is 9.97. The van der Waals surface area contributed by atoms with Gasteiger partial charge in [-0.15, -0.1) is 0 Å². The van der Waals surface area contributed by atoms with Crippen LogP contribution >= 0.6 is 0 Å². The number of benzene rings is 1. The second-order valence-corrected chi connectivity index (χ2v) is 5.84. The molecule has 116 valence electrons. The number of hydrogen-bond donors (Lipinski definition) is 1. The van der Waals surface area contributed by atoms with E-state index in [1.165, 1.54) is 6.07 Å². The van der Waals surface area contributed by atoms with E-state index < -0.39 is 17.6 Å². The van der Waals surface area contributed by atoms with Gasteiger partial charge in [-0.1, -0.05) is 0 Å². The quantitative estimate of drug-likeness (QED) is 0.863. The molecule has 6 heteroatoms. The standard InChI is InChI=1S/C15H18F4N2/c16-13-8-11(7-12(9-13)15(17,18)19)14(10-1-2-10)21-5-3-20-4-6-21/h7-10,14,20H,1-6H2/t14-/m0/s1. The van der Waals surface area contributed by atoms with Crippen LogP contribution in [0.5, 0.6) is 0 Å². The topological polar surface area (TPSA) is 15.3 Å². The SMILES string of the molecule is Fc1cc([C@H](C2CC2)N2CCNCC2)cc(C(F)(F)F)c1. The Morgan fingerprint density at radius 1 is 1.10 bits per heavy atom. The molecule has 0 radical (unpaired) electrons. The molecule has 2 fully saturated rings. The second kappa shape index (κ2) is 5.57. The van der Waals surface area contributed by atoms with Gasteiger partial charge in [-0.05, 0) is 42.5 Å². The number of halogens is 4. The number of rotatable bonds is 3. The normalized spacial score (nSPS) is 22.3. The molecular weight excluding hydrogens is 284 g/mol. The van der Waals surface area contributed by atoms with E-state index in [2.05, 4.69) is 10.2 Å². The van der Waals surface area contributed by atoms with Crippen molar-refractivity contribution in [3.63, 3.8) is 0 Å². The summed E-state index contributed by atoms with van der Waals surface area (Å²) in [6.07, 6.45) is -2.49. The highest BCUT2D eigenvalue weighted by Gasteiger charge is 2.39. The van der Waals surface area contributed by atoms with E-state index in [0.29, 0.717) is 17.5 Å². The molecule has 1 atom stereocenters. The van der Waals surface area contributed by atoms with E-state index >= 15 is 0 Å². The summed E-state index contributed by atoms with van der Waals surface area (Å²) in [7, 11) is 0. The summed E-state index contributed by atoms with van der Waals surface area (Å²) in [5, 5.41) is 3.23. The van der Waals surface area contributed by atoms with E-state index in [9.17, 15) is 17.6 Å². The molecule has 0 unspecified atom stereocenters. The molecule has 1 aromatic rings. The first-order valence-corrected chi connectivity index (χ1v) is 7.27. The lowest BCUT2D eigenvalue weighted by Crippen LogP contribution is -2.45. The summed E-state index contributed by atoms with van der Waals surface area (Å²) >= 11 is 0. The van der Waals surface area contributed by atoms with E-state index in [1.807, 2.05) is 0 Å². The summed E-state index contributed by atoms with van der Waals surface area (Å²) in [5.41, 5.74) is -0.426. The molecule has 1 N–H and O–H groups in total. The molecule has 1 aliphatic carbocycles. The molecule has 1 aromatic carbocycles. The van der Waals surface area contributed by atoms with Crippen molar-refractivity contribution in [2.24, 2.45) is 5.92 Å². The first-order chi connectivity index (χ1) is 9.95. The fourth-order valence-corrected chi connectivity index (χ4v) is 3.10. The van der Waals surface area contributed by atoms with Gasteiger partial charge in [0.1, 0.15) is 5.82 Å². The molecule has 0 bridgehead atoms. The van der Waals surface area contributed by atoms with Crippen LogP contribution in [0.15, 0.2) is 18.2 Å². The molecule has 21 heavy (non-hydrogen) atoms. The van der Waals surface area contributed by atoms with Gasteiger partial charge in [-0.25, -0.2) is 4.39 Å². The van der Waals surface area contributed by atoms with Crippen molar-refractivity contribution in [2.75, 3.05) is 26.2 Å². The third-order valence-electron chi connectivity index (χ3n) is 4.20. The summed E-state index contributed by atoms with van der Waals surface area (Å²) < 4.78 is 52.3. The van der Waals surface area contributed by atoms with E-state index in [1.54, 1.807) is 0 Å². The van der Waals surface area contributed by atoms with Crippen molar-refractivity contribution < 1.29 is 17.6 Å². The van der Waals surface area contributed by atoms with Gasteiger partial charge in [-0.3, -0.25) is 4.90 Å². The van der Waals surface area contributed by atoms with Crippen molar-refractivity contribution in [1.82, 2.24) is 10.2 Å². The largest absolute Gasteiger partial charge is 0.416 e. The van der Waals surface area contributed by atoms with Crippen LogP contribution in [0.3, 0.4) is 0 Å². The monoisotopic (exact) mass is 302 g/mol. The van der Waals surface area contributed by atoms with Crippen LogP contribution in [-0.2, 0) is 6.18 Å². The Hall–Kier alpha value is -1.14. The molecule has 1 saturated carbocycles. The van der Waals surface area contributed by atoms with Gasteiger partial charge in [0.15, 0.2) is 0 Å². The van der Waals surface area contributed by atoms with Crippen LogP contribution in [0.25, 0.3) is 0 Å². The molecule has 2 nitrogen and oxygen atoms in total. The number of nitrogens with zero attached hydrogens (tertiary/aromatic N) is 1. The zero-order valence-electron chi connectivity index (χ0n) is 11.6. The van der Waals surface area contributed by atoms with Crippen molar-refractivity contribution in [3.05, 3.63) is 35.1 Å². The lowest BCUT2D eigenvalue weighted by molar-refractivity contribution is -0.137. The zero-order chi connectivity index (χ0) is 15.0. The Kier molecular flexibility index (Phi) is 3.92. The van der Waals surface area contributed by atoms with Crippen molar-refractivity contribution in [1.29, 1.82) is 0 Å². The molecule has 1 saturated heterocycles. The molecule has 1 heterocycles. The number of alkyl halides is 3. The van der Waals surface area contributed by atoms with Crippen LogP contribution in [0.2, 0.25) is 0 Å². The Labute approximate surface area is 121 Å². The van der Waals surface area contributed by atoms with Gasteiger partial charge in [-0.2, -0.15) is 13.2 Å². The number of nitrogens with one attached hydrogen (secondary N) is 1. The van der Waals surface area contributed by atoms with Crippen molar-refractivity contribution in [3.8, 4) is 0 Å². The maximum Gasteiger partial charge on any atom is 0.416 e. The Morgan fingerprint density at radius 3 is 2.33 bits per heavy atom.